The highest BCUT2D eigenvalue weighted by molar-refractivity contribution is 6.12. The van der Waals surface area contributed by atoms with Gasteiger partial charge in [0.25, 0.3) is 0 Å². The minimum atomic E-state index is -1.26. The van der Waals surface area contributed by atoms with Crippen LogP contribution in [-0.2, 0) is 19.1 Å². The van der Waals surface area contributed by atoms with Crippen molar-refractivity contribution in [3.8, 4) is 0 Å². The van der Waals surface area contributed by atoms with E-state index in [2.05, 4.69) is 10.3 Å². The van der Waals surface area contributed by atoms with Gasteiger partial charge < -0.3 is 14.4 Å². The van der Waals surface area contributed by atoms with Crippen molar-refractivity contribution in [2.45, 2.75) is 32.7 Å². The fourth-order valence-electron chi connectivity index (χ4n) is 0.706. The zero-order chi connectivity index (χ0) is 11.7. The molecule has 0 aliphatic carbocycles. The first-order valence-corrected chi connectivity index (χ1v) is 5.61. The van der Waals surface area contributed by atoms with Crippen molar-refractivity contribution in [2.75, 3.05) is 7.11 Å². The van der Waals surface area contributed by atoms with Crippen molar-refractivity contribution in [3.63, 3.8) is 0 Å². The average molecular weight is 234 g/mol. The lowest BCUT2D eigenvalue weighted by Crippen LogP contribution is -2.40. The van der Waals surface area contributed by atoms with E-state index in [9.17, 15) is 0 Å². The van der Waals surface area contributed by atoms with Gasteiger partial charge >= 0.3 is 5.60 Å². The molecule has 0 spiro atoms. The Morgan fingerprint density at radius 1 is 1.20 bits per heavy atom. The first-order chi connectivity index (χ1) is 7.08. The molecule has 0 saturated heterocycles. The molecule has 15 heavy (non-hydrogen) atoms. The molecule has 0 radical (unpaired) electrons. The molecule has 0 N–H and O–H groups in total. The molecule has 0 fully saturated rings. The van der Waals surface area contributed by atoms with Crippen LogP contribution in [0.4, 0.5) is 0 Å². The fourth-order valence-corrected chi connectivity index (χ4v) is 1.25. The quantitative estimate of drug-likeness (QED) is 0.269. The molecule has 0 aromatic heterocycles. The summed E-state index contributed by atoms with van der Waals surface area (Å²) in [6.07, 6.45) is 2.53. The Labute approximate surface area is 92.6 Å². The van der Waals surface area contributed by atoms with Gasteiger partial charge in [0, 0.05) is 19.5 Å². The summed E-state index contributed by atoms with van der Waals surface area (Å²) in [4.78, 5) is 10.1. The number of ether oxygens (including phenoxy) is 2. The lowest BCUT2D eigenvalue weighted by molar-refractivity contribution is -0.367. The highest BCUT2D eigenvalue weighted by atomic mass is 28.1. The van der Waals surface area contributed by atoms with Crippen LogP contribution in [0.5, 0.6) is 0 Å². The summed E-state index contributed by atoms with van der Waals surface area (Å²) in [6.45, 7) is 5.18. The van der Waals surface area contributed by atoms with Gasteiger partial charge in [0.05, 0.1) is 0 Å². The van der Waals surface area contributed by atoms with Crippen LogP contribution in [-0.4, -0.2) is 41.7 Å². The Hall–Kier alpha value is -0.923. The minimum absolute atomic E-state index is 0.425. The summed E-state index contributed by atoms with van der Waals surface area (Å²) in [5.74, 6) is 0. The molecule has 0 bridgehead atoms. The minimum Gasteiger partial charge on any atom is -0.356 e. The SMILES string of the molecule is C/C=N/OC([SiH3])(O/N=C/C)OC(C)OC. The first-order valence-electron chi connectivity index (χ1n) is 4.61. The number of methoxy groups -OCH3 is 1. The average Bonchev–Trinajstić information content (AvgIpc) is 2.23. The second kappa shape index (κ2) is 7.38. The number of rotatable bonds is 7. The van der Waals surface area contributed by atoms with Gasteiger partial charge in [-0.05, 0) is 20.8 Å². The molecule has 0 aromatic carbocycles. The molecule has 0 aromatic rings. The van der Waals surface area contributed by atoms with E-state index < -0.39 is 11.9 Å². The maximum Gasteiger partial charge on any atom is 0.373 e. The predicted molar refractivity (Wildman–Crippen MR) is 60.7 cm³/mol. The Morgan fingerprint density at radius 2 is 1.67 bits per heavy atom. The third kappa shape index (κ3) is 6.21. The standard InChI is InChI=1S/C8H18N2O4Si/c1-5-9-13-8(15,14-10-6-2)12-7(3)11-4/h5-7H,1-4,15H3/b9-5+,10-6+. The Bertz CT molecular complexity index is 209. The Balaban J connectivity index is 4.38. The normalized spacial score (nSPS) is 14.9. The van der Waals surface area contributed by atoms with E-state index in [0.717, 1.165) is 0 Å². The van der Waals surface area contributed by atoms with Crippen LogP contribution in [0.3, 0.4) is 0 Å². The smallest absolute Gasteiger partial charge is 0.356 e. The molecule has 88 valence electrons. The largest absolute Gasteiger partial charge is 0.373 e. The lowest BCUT2D eigenvalue weighted by Gasteiger charge is -2.27. The van der Waals surface area contributed by atoms with Gasteiger partial charge in [0.15, 0.2) is 16.5 Å². The number of nitrogens with zero attached hydrogens (tertiary/aromatic N) is 2. The van der Waals surface area contributed by atoms with E-state index in [4.69, 9.17) is 19.1 Å². The topological polar surface area (TPSA) is 61.6 Å². The molecule has 0 aliphatic rings. The third-order valence-electron chi connectivity index (χ3n) is 1.36. The van der Waals surface area contributed by atoms with E-state index in [1.807, 2.05) is 0 Å². The summed E-state index contributed by atoms with van der Waals surface area (Å²) in [7, 11) is 1.95. The zero-order valence-electron chi connectivity index (χ0n) is 9.76. The summed E-state index contributed by atoms with van der Waals surface area (Å²) < 4.78 is 10.3. The van der Waals surface area contributed by atoms with Crippen molar-refractivity contribution >= 4 is 22.7 Å². The maximum absolute atomic E-state index is 5.36. The number of oxime groups is 2. The second-order valence-electron chi connectivity index (χ2n) is 2.69. The van der Waals surface area contributed by atoms with Gasteiger partial charge in [-0.15, -0.1) is 0 Å². The molecule has 1 atom stereocenters. The Morgan fingerprint density at radius 3 is 2.00 bits per heavy atom. The fraction of sp³-hybridized carbons (Fsp3) is 0.750. The van der Waals surface area contributed by atoms with Crippen LogP contribution >= 0.6 is 0 Å². The molecule has 0 amide bonds. The van der Waals surface area contributed by atoms with Gasteiger partial charge in [0.1, 0.15) is 0 Å². The van der Waals surface area contributed by atoms with Crippen LogP contribution in [0.15, 0.2) is 10.3 Å². The van der Waals surface area contributed by atoms with E-state index in [1.54, 1.807) is 20.8 Å². The van der Waals surface area contributed by atoms with Crippen LogP contribution in [0, 0.1) is 0 Å². The monoisotopic (exact) mass is 234 g/mol. The van der Waals surface area contributed by atoms with Crippen LogP contribution in [0.2, 0.25) is 0 Å². The molecule has 0 aliphatic heterocycles. The highest BCUT2D eigenvalue weighted by Crippen LogP contribution is 2.14. The van der Waals surface area contributed by atoms with Gasteiger partial charge in [-0.25, -0.2) is 0 Å². The van der Waals surface area contributed by atoms with Gasteiger partial charge in [-0.2, -0.15) is 0 Å². The first kappa shape index (κ1) is 14.1. The summed E-state index contributed by atoms with van der Waals surface area (Å²) in [5, 5.41) is 7.23. The predicted octanol–water partition coefficient (Wildman–Crippen LogP) is 0.0167. The molecular formula is C8H18N2O4Si. The summed E-state index contributed by atoms with van der Waals surface area (Å²) in [6, 6.07) is 0. The lowest BCUT2D eigenvalue weighted by atomic mass is 10.7. The summed E-state index contributed by atoms with van der Waals surface area (Å²) >= 11 is 0. The van der Waals surface area contributed by atoms with Crippen molar-refractivity contribution in [1.82, 2.24) is 0 Å². The molecular weight excluding hydrogens is 216 g/mol. The van der Waals surface area contributed by atoms with Crippen LogP contribution in [0.25, 0.3) is 0 Å². The second-order valence-corrected chi connectivity index (χ2v) is 3.92. The van der Waals surface area contributed by atoms with Gasteiger partial charge in [-0.1, -0.05) is 10.3 Å². The number of hydrogen-bond acceptors (Lipinski definition) is 6. The van der Waals surface area contributed by atoms with Gasteiger partial charge in [-0.3, -0.25) is 4.74 Å². The molecule has 0 rings (SSSR count). The van der Waals surface area contributed by atoms with E-state index in [0.29, 0.717) is 10.2 Å². The van der Waals surface area contributed by atoms with Crippen molar-refractivity contribution < 1.29 is 19.1 Å². The zero-order valence-corrected chi connectivity index (χ0v) is 11.8. The van der Waals surface area contributed by atoms with Crippen LogP contribution < -0.4 is 0 Å². The molecule has 0 saturated carbocycles. The highest BCUT2D eigenvalue weighted by Gasteiger charge is 2.32. The summed E-state index contributed by atoms with van der Waals surface area (Å²) in [5.41, 5.74) is -1.26. The maximum atomic E-state index is 5.36. The van der Waals surface area contributed by atoms with Crippen molar-refractivity contribution in [1.29, 1.82) is 0 Å². The molecule has 1 unspecified atom stereocenters. The molecule has 0 heterocycles. The van der Waals surface area contributed by atoms with Crippen molar-refractivity contribution in [3.05, 3.63) is 0 Å². The van der Waals surface area contributed by atoms with Gasteiger partial charge in [0.2, 0.25) is 0 Å². The van der Waals surface area contributed by atoms with E-state index >= 15 is 0 Å². The van der Waals surface area contributed by atoms with Crippen LogP contribution in [0.1, 0.15) is 20.8 Å². The van der Waals surface area contributed by atoms with E-state index in [-0.39, 0.29) is 0 Å². The number of hydrogen-bond donors (Lipinski definition) is 0. The molecule has 7 heteroatoms. The molecule has 6 nitrogen and oxygen atoms in total. The van der Waals surface area contributed by atoms with E-state index in [1.165, 1.54) is 19.5 Å². The Kier molecular flexibility index (Phi) is 6.93. The third-order valence-corrected chi connectivity index (χ3v) is 1.96. The van der Waals surface area contributed by atoms with Crippen molar-refractivity contribution in [2.24, 2.45) is 10.3 Å².